The van der Waals surface area contributed by atoms with Crippen molar-refractivity contribution in [2.24, 2.45) is 4.99 Å². The third kappa shape index (κ3) is 4.22. The summed E-state index contributed by atoms with van der Waals surface area (Å²) in [6.45, 7) is 4.36. The van der Waals surface area contributed by atoms with Gasteiger partial charge in [-0.2, -0.15) is 0 Å². The first-order chi connectivity index (χ1) is 13.5. The number of ether oxygens (including phenoxy) is 1. The molecule has 0 saturated carbocycles. The van der Waals surface area contributed by atoms with Crippen molar-refractivity contribution >= 4 is 5.71 Å². The first-order valence-electron chi connectivity index (χ1n) is 9.27. The third-order valence-electron chi connectivity index (χ3n) is 4.55. The first kappa shape index (κ1) is 19.6. The van der Waals surface area contributed by atoms with Crippen LogP contribution in [0.25, 0.3) is 5.69 Å². The van der Waals surface area contributed by atoms with Gasteiger partial charge in [-0.15, -0.1) is 0 Å². The first-order valence-corrected chi connectivity index (χ1v) is 9.27. The SMILES string of the molecule is CCCc1[nH]n(-c2ccc(F)cc2)c(=O)c1C(C)=NCc1cccc(OC)c1. The van der Waals surface area contributed by atoms with Gasteiger partial charge in [0.2, 0.25) is 0 Å². The van der Waals surface area contributed by atoms with Crippen molar-refractivity contribution in [3.8, 4) is 11.4 Å². The second-order valence-electron chi connectivity index (χ2n) is 6.59. The molecule has 146 valence electrons. The number of aromatic amines is 1. The van der Waals surface area contributed by atoms with E-state index in [1.807, 2.05) is 31.2 Å². The minimum absolute atomic E-state index is 0.179. The van der Waals surface area contributed by atoms with Crippen LogP contribution in [0.2, 0.25) is 0 Å². The molecule has 28 heavy (non-hydrogen) atoms. The fourth-order valence-corrected chi connectivity index (χ4v) is 3.12. The molecule has 5 nitrogen and oxygen atoms in total. The number of benzene rings is 2. The van der Waals surface area contributed by atoms with E-state index in [2.05, 4.69) is 17.0 Å². The fourth-order valence-electron chi connectivity index (χ4n) is 3.12. The lowest BCUT2D eigenvalue weighted by Gasteiger charge is -2.04. The number of H-pyrrole nitrogens is 1. The Bertz CT molecular complexity index is 1030. The highest BCUT2D eigenvalue weighted by atomic mass is 19.1. The summed E-state index contributed by atoms with van der Waals surface area (Å²) in [5.74, 6) is 0.436. The van der Waals surface area contributed by atoms with Crippen LogP contribution in [-0.2, 0) is 13.0 Å². The van der Waals surface area contributed by atoms with Gasteiger partial charge in [0.15, 0.2) is 0 Å². The van der Waals surface area contributed by atoms with Crippen LogP contribution in [0.5, 0.6) is 5.75 Å². The molecule has 0 fully saturated rings. The second kappa shape index (κ2) is 8.69. The van der Waals surface area contributed by atoms with Gasteiger partial charge < -0.3 is 4.74 Å². The van der Waals surface area contributed by atoms with Gasteiger partial charge in [-0.25, -0.2) is 9.07 Å². The molecule has 0 aliphatic heterocycles. The molecule has 2 aromatic carbocycles. The maximum atomic E-state index is 13.2. The summed E-state index contributed by atoms with van der Waals surface area (Å²) >= 11 is 0. The lowest BCUT2D eigenvalue weighted by molar-refractivity contribution is 0.414. The fraction of sp³-hybridized carbons (Fsp3) is 0.273. The number of methoxy groups -OCH3 is 1. The van der Waals surface area contributed by atoms with Crippen molar-refractivity contribution in [2.45, 2.75) is 33.2 Å². The molecule has 3 aromatic rings. The molecule has 1 aromatic heterocycles. The molecule has 0 amide bonds. The molecule has 0 aliphatic rings. The molecular weight excluding hydrogens is 357 g/mol. The number of nitrogens with zero attached hydrogens (tertiary/aromatic N) is 2. The Kier molecular flexibility index (Phi) is 6.09. The molecule has 0 aliphatic carbocycles. The van der Waals surface area contributed by atoms with Gasteiger partial charge >= 0.3 is 0 Å². The average molecular weight is 381 g/mol. The van der Waals surface area contributed by atoms with Gasteiger partial charge in [0.1, 0.15) is 11.6 Å². The van der Waals surface area contributed by atoms with Crippen LogP contribution in [0, 0.1) is 5.82 Å². The van der Waals surface area contributed by atoms with Gasteiger partial charge in [0.25, 0.3) is 5.56 Å². The van der Waals surface area contributed by atoms with Crippen LogP contribution in [0.15, 0.2) is 58.3 Å². The molecule has 0 bridgehead atoms. The van der Waals surface area contributed by atoms with Crippen LogP contribution < -0.4 is 10.3 Å². The van der Waals surface area contributed by atoms with Crippen molar-refractivity contribution in [2.75, 3.05) is 7.11 Å². The zero-order valence-corrected chi connectivity index (χ0v) is 16.3. The molecular formula is C22H24FN3O2. The van der Waals surface area contributed by atoms with Crippen molar-refractivity contribution in [3.63, 3.8) is 0 Å². The van der Waals surface area contributed by atoms with Gasteiger partial charge in [-0.05, 0) is 55.3 Å². The van der Waals surface area contributed by atoms with Crippen LogP contribution in [-0.4, -0.2) is 22.6 Å². The minimum atomic E-state index is -0.339. The maximum Gasteiger partial charge on any atom is 0.280 e. The molecule has 0 radical (unpaired) electrons. The molecule has 1 N–H and O–H groups in total. The summed E-state index contributed by atoms with van der Waals surface area (Å²) in [6, 6.07) is 13.5. The number of halogens is 1. The van der Waals surface area contributed by atoms with E-state index in [0.29, 0.717) is 23.5 Å². The van der Waals surface area contributed by atoms with E-state index in [-0.39, 0.29) is 11.4 Å². The summed E-state index contributed by atoms with van der Waals surface area (Å²) in [7, 11) is 1.63. The number of aliphatic imine (C=N–C) groups is 1. The Morgan fingerprint density at radius 3 is 2.64 bits per heavy atom. The van der Waals surface area contributed by atoms with Crippen molar-refractivity contribution in [1.29, 1.82) is 0 Å². The van der Waals surface area contributed by atoms with Gasteiger partial charge in [0.05, 0.1) is 24.9 Å². The van der Waals surface area contributed by atoms with Crippen molar-refractivity contribution < 1.29 is 9.13 Å². The second-order valence-corrected chi connectivity index (χ2v) is 6.59. The van der Waals surface area contributed by atoms with Crippen LogP contribution in [0.4, 0.5) is 4.39 Å². The number of hydrogen-bond donors (Lipinski definition) is 1. The largest absolute Gasteiger partial charge is 0.497 e. The van der Waals surface area contributed by atoms with E-state index in [1.54, 1.807) is 19.2 Å². The van der Waals surface area contributed by atoms with Gasteiger partial charge in [0, 0.05) is 11.4 Å². The predicted octanol–water partition coefficient (Wildman–Crippen LogP) is 4.28. The standard InChI is InChI=1S/C22H24FN3O2/c1-4-6-20-21(15(2)24-14-16-7-5-8-19(13-16)28-3)22(27)26(25-20)18-11-9-17(23)10-12-18/h5,7-13,25H,4,6,14H2,1-3H3. The van der Waals surface area contributed by atoms with E-state index in [9.17, 15) is 9.18 Å². The molecule has 0 atom stereocenters. The van der Waals surface area contributed by atoms with Crippen molar-refractivity contribution in [3.05, 3.63) is 81.5 Å². The summed E-state index contributed by atoms with van der Waals surface area (Å²) in [4.78, 5) is 17.7. The van der Waals surface area contributed by atoms with E-state index in [0.717, 1.165) is 29.8 Å². The van der Waals surface area contributed by atoms with Gasteiger partial charge in [-0.1, -0.05) is 25.5 Å². The molecule has 1 heterocycles. The lowest BCUT2D eigenvalue weighted by Crippen LogP contribution is -2.20. The zero-order chi connectivity index (χ0) is 20.1. The molecule has 0 unspecified atom stereocenters. The number of aromatic nitrogens is 2. The molecule has 6 heteroatoms. The Hall–Kier alpha value is -3.15. The quantitative estimate of drug-likeness (QED) is 0.621. The highest BCUT2D eigenvalue weighted by Crippen LogP contribution is 2.15. The van der Waals surface area contributed by atoms with Gasteiger partial charge in [-0.3, -0.25) is 14.9 Å². The number of nitrogens with one attached hydrogen (secondary N) is 1. The van der Waals surface area contributed by atoms with Crippen LogP contribution in [0.3, 0.4) is 0 Å². The molecule has 0 spiro atoms. The van der Waals surface area contributed by atoms with Crippen molar-refractivity contribution in [1.82, 2.24) is 9.78 Å². The lowest BCUT2D eigenvalue weighted by atomic mass is 10.1. The van der Waals surface area contributed by atoms with Crippen LogP contribution >= 0.6 is 0 Å². The Morgan fingerprint density at radius 1 is 1.21 bits per heavy atom. The normalized spacial score (nSPS) is 11.6. The summed E-state index contributed by atoms with van der Waals surface area (Å²) in [5.41, 5.74) is 3.51. The zero-order valence-electron chi connectivity index (χ0n) is 16.3. The maximum absolute atomic E-state index is 13.2. The topological polar surface area (TPSA) is 59.4 Å². The third-order valence-corrected chi connectivity index (χ3v) is 4.55. The highest BCUT2D eigenvalue weighted by molar-refractivity contribution is 5.99. The Balaban J connectivity index is 1.96. The Labute approximate surface area is 163 Å². The van der Waals surface area contributed by atoms with Crippen LogP contribution in [0.1, 0.15) is 37.1 Å². The van der Waals surface area contributed by atoms with E-state index in [1.165, 1.54) is 16.8 Å². The number of hydrogen-bond acceptors (Lipinski definition) is 3. The van der Waals surface area contributed by atoms with E-state index >= 15 is 0 Å². The Morgan fingerprint density at radius 2 is 1.96 bits per heavy atom. The monoisotopic (exact) mass is 381 g/mol. The summed E-state index contributed by atoms with van der Waals surface area (Å²) in [5, 5.41) is 3.16. The summed E-state index contributed by atoms with van der Waals surface area (Å²) < 4.78 is 19.9. The minimum Gasteiger partial charge on any atom is -0.497 e. The highest BCUT2D eigenvalue weighted by Gasteiger charge is 2.17. The predicted molar refractivity (Wildman–Crippen MR) is 109 cm³/mol. The number of aryl methyl sites for hydroxylation is 1. The number of rotatable bonds is 7. The summed E-state index contributed by atoms with van der Waals surface area (Å²) in [6.07, 6.45) is 1.62. The molecule has 3 rings (SSSR count). The van der Waals surface area contributed by atoms with E-state index < -0.39 is 0 Å². The molecule has 0 saturated heterocycles. The smallest absolute Gasteiger partial charge is 0.280 e. The average Bonchev–Trinajstić information content (AvgIpc) is 3.03. The van der Waals surface area contributed by atoms with E-state index in [4.69, 9.17) is 4.74 Å².